The third kappa shape index (κ3) is 216. The van der Waals surface area contributed by atoms with E-state index in [1.165, 1.54) is 231 Å². The van der Waals surface area contributed by atoms with Gasteiger partial charge in [0, 0.05) is 6.61 Å². The molecule has 374 valence electrons. The Labute approximate surface area is 385 Å². The van der Waals surface area contributed by atoms with Gasteiger partial charge in [-0.15, -0.1) is 0 Å². The van der Waals surface area contributed by atoms with Gasteiger partial charge in [0.1, 0.15) is 0 Å². The Balaban J connectivity index is -0.0000000565. The Hall–Kier alpha value is -0.0400. The van der Waals surface area contributed by atoms with Crippen LogP contribution >= 0.6 is 0 Å². The smallest absolute Gasteiger partial charge is 0.0453 e. The maximum atomic E-state index is 8.14. The van der Waals surface area contributed by atoms with Gasteiger partial charge in [0.25, 0.3) is 0 Å². The van der Waals surface area contributed by atoms with Gasteiger partial charge in [-0.25, -0.2) is 0 Å². The second-order valence-corrected chi connectivity index (χ2v) is 16.9. The normalized spacial score (nSPS) is 9.05. The fourth-order valence-electron chi connectivity index (χ4n) is 4.50. The van der Waals surface area contributed by atoms with Crippen molar-refractivity contribution in [1.29, 1.82) is 0 Å². The van der Waals surface area contributed by atoms with Gasteiger partial charge in [0.2, 0.25) is 0 Å². The van der Waals surface area contributed by atoms with Crippen LogP contribution in [0, 0.1) is 5.92 Å². The highest BCUT2D eigenvalue weighted by molar-refractivity contribution is 4.36. The van der Waals surface area contributed by atoms with Crippen molar-refractivity contribution in [3.8, 4) is 0 Å². The van der Waals surface area contributed by atoms with Gasteiger partial charge >= 0.3 is 0 Å². The first kappa shape index (κ1) is 82.6. The molecule has 0 aromatic rings. The predicted molar refractivity (Wildman–Crippen MR) is 290 cm³/mol. The van der Waals surface area contributed by atoms with E-state index in [1.807, 2.05) is 13.8 Å². The van der Waals surface area contributed by atoms with Crippen molar-refractivity contribution < 1.29 is 5.11 Å². The lowest BCUT2D eigenvalue weighted by molar-refractivity contribution is 0.248. The largest absolute Gasteiger partial charge is 0.396 e. The zero-order valence-corrected chi connectivity index (χ0v) is 47.2. The summed E-state index contributed by atoms with van der Waals surface area (Å²) in [5, 5.41) is 8.14. The summed E-state index contributed by atoms with van der Waals surface area (Å²) in [4.78, 5) is 0. The molecule has 0 aliphatic carbocycles. The molecule has 0 amide bonds. The van der Waals surface area contributed by atoms with Crippen molar-refractivity contribution in [2.45, 2.75) is 370 Å². The lowest BCUT2D eigenvalue weighted by atomic mass is 10.2. The molecule has 0 unspecified atom stereocenters. The molecule has 1 N–H and O–H groups in total. The average molecular weight is 850 g/mol. The monoisotopic (exact) mass is 849 g/mol. The molecule has 0 saturated heterocycles. The lowest BCUT2D eigenvalue weighted by Crippen LogP contribution is -1.90. The molecule has 0 spiro atoms. The third-order valence-electron chi connectivity index (χ3n) is 8.98. The summed E-state index contributed by atoms with van der Waals surface area (Å²) >= 11 is 0. The number of aliphatic hydroxyl groups excluding tert-OH is 1. The van der Waals surface area contributed by atoms with Gasteiger partial charge in [0.05, 0.1) is 0 Å². The van der Waals surface area contributed by atoms with Gasteiger partial charge in [-0.2, -0.15) is 0 Å². The van der Waals surface area contributed by atoms with Crippen molar-refractivity contribution in [2.75, 3.05) is 6.61 Å². The molecule has 0 heterocycles. The van der Waals surface area contributed by atoms with Crippen molar-refractivity contribution >= 4 is 0 Å². The molecule has 59 heavy (non-hydrogen) atoms. The Morgan fingerprint density at radius 2 is 0.237 bits per heavy atom. The zero-order valence-electron chi connectivity index (χ0n) is 47.2. The van der Waals surface area contributed by atoms with Crippen molar-refractivity contribution in [3.63, 3.8) is 0 Å². The fourth-order valence-corrected chi connectivity index (χ4v) is 4.50. The minimum Gasteiger partial charge on any atom is -0.396 e. The summed E-state index contributed by atoms with van der Waals surface area (Å²) in [5.41, 5.74) is 0. The van der Waals surface area contributed by atoms with Crippen molar-refractivity contribution in [1.82, 2.24) is 0 Å². The first-order valence-electron chi connectivity index (χ1n) is 28.1. The summed E-state index contributed by atoms with van der Waals surface area (Å²) < 4.78 is 0. The number of hydrogen-bond donors (Lipinski definition) is 1. The Morgan fingerprint density at radius 1 is 0.186 bits per heavy atom. The molecular weight excluding hydrogens is 713 g/mol. The summed E-state index contributed by atoms with van der Waals surface area (Å²) in [6, 6.07) is 0. The molecule has 0 atom stereocenters. The molecule has 0 aliphatic heterocycles. The molecule has 0 aromatic heterocycles. The Kier molecular flexibility index (Phi) is 165. The van der Waals surface area contributed by atoms with E-state index in [0.717, 1.165) is 0 Å². The zero-order chi connectivity index (χ0) is 47.7. The molecule has 1 heteroatoms. The highest BCUT2D eigenvalue weighted by Crippen LogP contribution is 1.99. The van der Waals surface area contributed by atoms with E-state index >= 15 is 0 Å². The van der Waals surface area contributed by atoms with Crippen LogP contribution in [0.25, 0.3) is 0 Å². The van der Waals surface area contributed by atoms with Crippen LogP contribution in [0.4, 0.5) is 0 Å². The molecule has 1 nitrogen and oxygen atoms in total. The minimum absolute atomic E-state index is 0.306. The number of rotatable bonds is 28. The van der Waals surface area contributed by atoms with E-state index in [2.05, 4.69) is 125 Å². The molecule has 0 fully saturated rings. The van der Waals surface area contributed by atoms with Crippen LogP contribution in [0.2, 0.25) is 0 Å². The van der Waals surface area contributed by atoms with E-state index in [9.17, 15) is 0 Å². The number of aliphatic hydroxyl groups is 1. The van der Waals surface area contributed by atoms with E-state index in [0.29, 0.717) is 12.5 Å². The maximum Gasteiger partial charge on any atom is 0.0453 e. The second kappa shape index (κ2) is 118. The fraction of sp³-hybridized carbons (Fsp3) is 1.00. The summed E-state index contributed by atoms with van der Waals surface area (Å²) in [6.07, 6.45) is 49.8. The molecule has 0 bridgehead atoms. The molecule has 0 aromatic carbocycles. The average Bonchev–Trinajstić information content (AvgIpc) is 3.27. The summed E-state index contributed by atoms with van der Waals surface area (Å²) in [5.74, 6) is 0.440. The van der Waals surface area contributed by atoms with E-state index < -0.39 is 0 Å². The Morgan fingerprint density at radius 3 is 0.254 bits per heavy atom. The van der Waals surface area contributed by atoms with Gasteiger partial charge < -0.3 is 5.11 Å². The molecule has 0 rings (SSSR count). The van der Waals surface area contributed by atoms with Crippen LogP contribution in [-0.4, -0.2) is 11.7 Å². The number of hydrogen-bond acceptors (Lipinski definition) is 1. The maximum absolute atomic E-state index is 8.14. The van der Waals surface area contributed by atoms with Crippen LogP contribution in [0.1, 0.15) is 370 Å². The van der Waals surface area contributed by atoms with Gasteiger partial charge in [-0.05, 0) is 5.92 Å². The summed E-state index contributed by atoms with van der Waals surface area (Å²) in [6.45, 7) is 44.4. The predicted octanol–water partition coefficient (Wildman–Crippen LogP) is 23.9. The molecule has 0 aliphatic rings. The SMILES string of the molecule is CC(C)CO.CCCCCC.CCCCCC.CCCCCC.CCCCCC.CCCCCC.CCCCCC.CCCCCC.CCCCCC.CCCCCC. The van der Waals surface area contributed by atoms with Crippen molar-refractivity contribution in [2.24, 2.45) is 5.92 Å². The summed E-state index contributed by atoms with van der Waals surface area (Å²) in [7, 11) is 0. The second-order valence-electron chi connectivity index (χ2n) is 16.9. The first-order chi connectivity index (χ1) is 28.5. The first-order valence-corrected chi connectivity index (χ1v) is 28.1. The van der Waals surface area contributed by atoms with E-state index in [1.54, 1.807) is 0 Å². The van der Waals surface area contributed by atoms with Gasteiger partial charge in [-0.3, -0.25) is 0 Å². The number of unbranched alkanes of at least 4 members (excludes halogenated alkanes) is 27. The van der Waals surface area contributed by atoms with Crippen molar-refractivity contribution in [3.05, 3.63) is 0 Å². The third-order valence-corrected chi connectivity index (χ3v) is 8.98. The topological polar surface area (TPSA) is 20.2 Å². The van der Waals surface area contributed by atoms with Crippen LogP contribution in [0.15, 0.2) is 0 Å². The van der Waals surface area contributed by atoms with Gasteiger partial charge in [0.15, 0.2) is 0 Å². The quantitative estimate of drug-likeness (QED) is 0.0778. The molecule has 0 radical (unpaired) electrons. The van der Waals surface area contributed by atoms with E-state index in [-0.39, 0.29) is 0 Å². The van der Waals surface area contributed by atoms with Crippen LogP contribution in [0.5, 0.6) is 0 Å². The Bertz CT molecular complexity index is 281. The highest BCUT2D eigenvalue weighted by Gasteiger charge is 1.82. The van der Waals surface area contributed by atoms with Crippen LogP contribution in [-0.2, 0) is 0 Å². The highest BCUT2D eigenvalue weighted by atomic mass is 16.3. The molecule has 0 saturated carbocycles. The van der Waals surface area contributed by atoms with E-state index in [4.69, 9.17) is 5.11 Å². The van der Waals surface area contributed by atoms with Crippen LogP contribution < -0.4 is 0 Å². The lowest BCUT2D eigenvalue weighted by Gasteiger charge is -1.90. The minimum atomic E-state index is 0.306. The standard InChI is InChI=1S/9C6H14.C4H10O/c9*1-3-5-6-4-2;1-4(2)3-5/h9*3-6H2,1-2H3;4-5H,3H2,1-2H3. The van der Waals surface area contributed by atoms with Gasteiger partial charge in [-0.1, -0.05) is 370 Å². The molecular formula is C58H136O. The van der Waals surface area contributed by atoms with Crippen LogP contribution in [0.3, 0.4) is 0 Å².